The SMILES string of the molecule is CC[C@H]1Oc2ccc(Cl)cc2N(CC(=O)NCc2ccc(C)cc2)C1=O. The first-order valence-corrected chi connectivity index (χ1v) is 8.95. The van der Waals surface area contributed by atoms with Crippen LogP contribution >= 0.6 is 11.6 Å². The standard InChI is InChI=1S/C20H21ClN2O3/c1-3-17-20(25)23(16-10-15(21)8-9-18(16)26-17)12-19(24)22-11-14-6-4-13(2)5-7-14/h4-10,17H,3,11-12H2,1-2H3,(H,22,24)/t17-/m1/s1. The van der Waals surface area contributed by atoms with Gasteiger partial charge in [-0.1, -0.05) is 48.4 Å². The average molecular weight is 373 g/mol. The average Bonchev–Trinajstić information content (AvgIpc) is 2.63. The Morgan fingerprint density at radius 2 is 1.96 bits per heavy atom. The molecule has 1 aliphatic heterocycles. The zero-order chi connectivity index (χ0) is 18.7. The van der Waals surface area contributed by atoms with Crippen LogP contribution in [0.15, 0.2) is 42.5 Å². The Balaban J connectivity index is 1.72. The maximum absolute atomic E-state index is 12.7. The van der Waals surface area contributed by atoms with Crippen LogP contribution < -0.4 is 15.0 Å². The van der Waals surface area contributed by atoms with Crippen molar-refractivity contribution >= 4 is 29.1 Å². The van der Waals surface area contributed by atoms with Crippen LogP contribution in [0.25, 0.3) is 0 Å². The predicted molar refractivity (Wildman–Crippen MR) is 102 cm³/mol. The third-order valence-corrected chi connectivity index (χ3v) is 4.54. The molecule has 26 heavy (non-hydrogen) atoms. The largest absolute Gasteiger partial charge is 0.478 e. The lowest BCUT2D eigenvalue weighted by Crippen LogP contribution is -2.49. The quantitative estimate of drug-likeness (QED) is 0.874. The second-order valence-electron chi connectivity index (χ2n) is 6.31. The number of carbonyl (C=O) groups excluding carboxylic acids is 2. The van der Waals surface area contributed by atoms with Crippen molar-refractivity contribution in [1.82, 2.24) is 5.32 Å². The molecule has 0 saturated carbocycles. The maximum Gasteiger partial charge on any atom is 0.268 e. The Morgan fingerprint density at radius 3 is 2.65 bits per heavy atom. The number of fused-ring (bicyclic) bond motifs is 1. The first-order valence-electron chi connectivity index (χ1n) is 8.57. The molecule has 0 radical (unpaired) electrons. The zero-order valence-corrected chi connectivity index (χ0v) is 15.5. The molecule has 2 aromatic carbocycles. The maximum atomic E-state index is 12.7. The molecule has 0 fully saturated rings. The number of nitrogens with one attached hydrogen (secondary N) is 1. The van der Waals surface area contributed by atoms with E-state index < -0.39 is 6.10 Å². The number of ether oxygens (including phenoxy) is 1. The van der Waals surface area contributed by atoms with Crippen molar-refractivity contribution in [2.75, 3.05) is 11.4 Å². The minimum absolute atomic E-state index is 0.0715. The first-order chi connectivity index (χ1) is 12.5. The van der Waals surface area contributed by atoms with Crippen LogP contribution in [-0.2, 0) is 16.1 Å². The Labute approximate surface area is 157 Å². The molecule has 1 heterocycles. The molecule has 2 amide bonds. The fourth-order valence-corrected chi connectivity index (χ4v) is 2.99. The topological polar surface area (TPSA) is 58.6 Å². The van der Waals surface area contributed by atoms with E-state index in [0.717, 1.165) is 11.1 Å². The van der Waals surface area contributed by atoms with E-state index in [2.05, 4.69) is 5.32 Å². The summed E-state index contributed by atoms with van der Waals surface area (Å²) in [7, 11) is 0. The van der Waals surface area contributed by atoms with Gasteiger partial charge in [-0.3, -0.25) is 14.5 Å². The van der Waals surface area contributed by atoms with E-state index in [-0.39, 0.29) is 18.4 Å². The highest BCUT2D eigenvalue weighted by Gasteiger charge is 2.34. The number of benzene rings is 2. The van der Waals surface area contributed by atoms with E-state index in [1.165, 1.54) is 4.90 Å². The molecule has 0 unspecified atom stereocenters. The lowest BCUT2D eigenvalue weighted by Gasteiger charge is -2.33. The highest BCUT2D eigenvalue weighted by Crippen LogP contribution is 2.36. The Bertz CT molecular complexity index is 820. The summed E-state index contributed by atoms with van der Waals surface area (Å²) in [5.41, 5.74) is 2.70. The highest BCUT2D eigenvalue weighted by atomic mass is 35.5. The van der Waals surface area contributed by atoms with Gasteiger partial charge in [0.2, 0.25) is 5.91 Å². The third kappa shape index (κ3) is 3.99. The van der Waals surface area contributed by atoms with E-state index >= 15 is 0 Å². The predicted octanol–water partition coefficient (Wildman–Crippen LogP) is 3.47. The monoisotopic (exact) mass is 372 g/mol. The number of hydrogen-bond donors (Lipinski definition) is 1. The number of hydrogen-bond acceptors (Lipinski definition) is 3. The van der Waals surface area contributed by atoms with E-state index in [0.29, 0.717) is 29.4 Å². The van der Waals surface area contributed by atoms with E-state index in [4.69, 9.17) is 16.3 Å². The van der Waals surface area contributed by atoms with E-state index in [1.54, 1.807) is 18.2 Å². The zero-order valence-electron chi connectivity index (χ0n) is 14.8. The van der Waals surface area contributed by atoms with Gasteiger partial charge in [-0.2, -0.15) is 0 Å². The van der Waals surface area contributed by atoms with Gasteiger partial charge in [-0.05, 0) is 37.1 Å². The molecule has 1 atom stereocenters. The van der Waals surface area contributed by atoms with Crippen molar-refractivity contribution in [3.63, 3.8) is 0 Å². The summed E-state index contributed by atoms with van der Waals surface area (Å²) >= 11 is 6.06. The van der Waals surface area contributed by atoms with Gasteiger partial charge in [-0.25, -0.2) is 0 Å². The molecule has 136 valence electrons. The number of nitrogens with zero attached hydrogens (tertiary/aromatic N) is 1. The van der Waals surface area contributed by atoms with Crippen molar-refractivity contribution in [3.05, 3.63) is 58.6 Å². The summed E-state index contributed by atoms with van der Waals surface area (Å²) in [6.07, 6.45) is -0.0591. The van der Waals surface area contributed by atoms with E-state index in [1.807, 2.05) is 38.1 Å². The molecule has 5 nitrogen and oxygen atoms in total. The number of amides is 2. The van der Waals surface area contributed by atoms with Crippen LogP contribution in [0.5, 0.6) is 5.75 Å². The number of rotatable bonds is 5. The molecular formula is C20H21ClN2O3. The van der Waals surface area contributed by atoms with Crippen LogP contribution in [0.4, 0.5) is 5.69 Å². The molecule has 2 aromatic rings. The van der Waals surface area contributed by atoms with Gasteiger partial charge in [-0.15, -0.1) is 0 Å². The smallest absolute Gasteiger partial charge is 0.268 e. The van der Waals surface area contributed by atoms with E-state index in [9.17, 15) is 9.59 Å². The molecular weight excluding hydrogens is 352 g/mol. The second kappa shape index (κ2) is 7.79. The van der Waals surface area contributed by atoms with Gasteiger partial charge in [0.15, 0.2) is 6.10 Å². The third-order valence-electron chi connectivity index (χ3n) is 4.31. The fraction of sp³-hybridized carbons (Fsp3) is 0.300. The summed E-state index contributed by atoms with van der Waals surface area (Å²) in [5, 5.41) is 3.34. The molecule has 0 aromatic heterocycles. The van der Waals surface area contributed by atoms with Crippen LogP contribution in [0.3, 0.4) is 0 Å². The van der Waals surface area contributed by atoms with Crippen LogP contribution in [0, 0.1) is 6.92 Å². The number of anilines is 1. The lowest BCUT2D eigenvalue weighted by atomic mass is 10.1. The minimum atomic E-state index is -0.589. The molecule has 1 aliphatic rings. The Kier molecular flexibility index (Phi) is 5.47. The Morgan fingerprint density at radius 1 is 1.23 bits per heavy atom. The van der Waals surface area contributed by atoms with Crippen molar-refractivity contribution in [2.45, 2.75) is 32.9 Å². The minimum Gasteiger partial charge on any atom is -0.478 e. The van der Waals surface area contributed by atoms with Gasteiger partial charge in [0, 0.05) is 11.6 Å². The molecule has 0 spiro atoms. The van der Waals surface area contributed by atoms with Gasteiger partial charge >= 0.3 is 0 Å². The van der Waals surface area contributed by atoms with Crippen LogP contribution in [-0.4, -0.2) is 24.5 Å². The lowest BCUT2D eigenvalue weighted by molar-refractivity contribution is -0.129. The summed E-state index contributed by atoms with van der Waals surface area (Å²) in [6, 6.07) is 13.0. The van der Waals surface area contributed by atoms with Gasteiger partial charge in [0.05, 0.1) is 5.69 Å². The van der Waals surface area contributed by atoms with Crippen LogP contribution in [0.1, 0.15) is 24.5 Å². The summed E-state index contributed by atoms with van der Waals surface area (Å²) in [6.45, 7) is 4.23. The van der Waals surface area contributed by atoms with Gasteiger partial charge < -0.3 is 10.1 Å². The van der Waals surface area contributed by atoms with Crippen molar-refractivity contribution in [1.29, 1.82) is 0 Å². The van der Waals surface area contributed by atoms with Crippen LogP contribution in [0.2, 0.25) is 5.02 Å². The number of carbonyl (C=O) groups is 2. The highest BCUT2D eigenvalue weighted by molar-refractivity contribution is 6.31. The summed E-state index contributed by atoms with van der Waals surface area (Å²) < 4.78 is 5.72. The summed E-state index contributed by atoms with van der Waals surface area (Å²) in [5.74, 6) is 0.0986. The fourth-order valence-electron chi connectivity index (χ4n) is 2.82. The molecule has 3 rings (SSSR count). The van der Waals surface area contributed by atoms with Gasteiger partial charge in [0.1, 0.15) is 12.3 Å². The normalized spacial score (nSPS) is 16.0. The van der Waals surface area contributed by atoms with Crippen molar-refractivity contribution < 1.29 is 14.3 Å². The number of halogens is 1. The molecule has 0 saturated heterocycles. The molecule has 1 N–H and O–H groups in total. The van der Waals surface area contributed by atoms with Crippen molar-refractivity contribution in [3.8, 4) is 5.75 Å². The first kappa shape index (κ1) is 18.3. The van der Waals surface area contributed by atoms with Crippen molar-refractivity contribution in [2.24, 2.45) is 0 Å². The number of aryl methyl sites for hydroxylation is 1. The molecule has 0 bridgehead atoms. The summed E-state index contributed by atoms with van der Waals surface area (Å²) in [4.78, 5) is 26.5. The second-order valence-corrected chi connectivity index (χ2v) is 6.75. The van der Waals surface area contributed by atoms with Gasteiger partial charge in [0.25, 0.3) is 5.91 Å². The molecule has 0 aliphatic carbocycles. The Hall–Kier alpha value is -2.53. The molecule has 6 heteroatoms.